The highest BCUT2D eigenvalue weighted by molar-refractivity contribution is 5.92. The highest BCUT2D eigenvalue weighted by Gasteiger charge is 2.19. The lowest BCUT2D eigenvalue weighted by molar-refractivity contribution is -0.114. The smallest absolute Gasteiger partial charge is 0.158 e. The van der Waals surface area contributed by atoms with Gasteiger partial charge in [-0.15, -0.1) is 0 Å². The first kappa shape index (κ1) is 20.5. The molecule has 3 unspecified atom stereocenters. The first-order valence-corrected chi connectivity index (χ1v) is 6.89. The van der Waals surface area contributed by atoms with Gasteiger partial charge in [-0.05, 0) is 37.5 Å². The molecule has 7 heteroatoms. The summed E-state index contributed by atoms with van der Waals surface area (Å²) in [6, 6.07) is 3.46. The van der Waals surface area contributed by atoms with E-state index in [1.54, 1.807) is 12.1 Å². The topological polar surface area (TPSA) is 143 Å². The number of allylic oxidation sites excluding steroid dienone is 1. The molecule has 3 rings (SSSR count). The van der Waals surface area contributed by atoms with Crippen LogP contribution >= 0.6 is 0 Å². The van der Waals surface area contributed by atoms with E-state index in [-0.39, 0.29) is 37.9 Å². The first-order valence-electron chi connectivity index (χ1n) is 6.89. The molecule has 2 aliphatic carbocycles. The van der Waals surface area contributed by atoms with Gasteiger partial charge in [0.2, 0.25) is 0 Å². The van der Waals surface area contributed by atoms with Crippen LogP contribution in [0.4, 0.5) is 0 Å². The zero-order chi connectivity index (χ0) is 15.7. The number of carbonyl (C=O) groups excluding carboxylic acids is 1. The van der Waals surface area contributed by atoms with Crippen LogP contribution in [0.15, 0.2) is 35.0 Å². The molecule has 128 valence electrons. The molecule has 1 aromatic heterocycles. The summed E-state index contributed by atoms with van der Waals surface area (Å²) in [4.78, 5) is 10.2. The Morgan fingerprint density at radius 2 is 1.86 bits per heavy atom. The Kier molecular flexibility index (Phi) is 10.3. The number of hydrogen-bond donors (Lipinski definition) is 4. The van der Waals surface area contributed by atoms with Crippen molar-refractivity contribution < 1.29 is 36.5 Å². The van der Waals surface area contributed by atoms with Crippen molar-refractivity contribution in [3.8, 4) is 0 Å². The Bertz CT molecular complexity index is 425. The molecule has 7 nitrogen and oxygen atoms in total. The summed E-state index contributed by atoms with van der Waals surface area (Å²) in [6.07, 6.45) is 5.90. The highest BCUT2D eigenvalue weighted by Crippen LogP contribution is 2.17. The van der Waals surface area contributed by atoms with E-state index in [2.05, 4.69) is 0 Å². The minimum absolute atomic E-state index is 0. The number of furan rings is 1. The highest BCUT2D eigenvalue weighted by atomic mass is 16.4. The zero-order valence-corrected chi connectivity index (χ0v) is 12.3. The van der Waals surface area contributed by atoms with Gasteiger partial charge in [0.15, 0.2) is 5.78 Å². The van der Waals surface area contributed by atoms with Crippen molar-refractivity contribution in [1.29, 1.82) is 0 Å². The Balaban J connectivity index is 0. The van der Waals surface area contributed by atoms with E-state index in [0.29, 0.717) is 12.2 Å². The normalized spacial score (nSPS) is 25.6. The lowest BCUT2D eigenvalue weighted by Gasteiger charge is -1.95. The van der Waals surface area contributed by atoms with Crippen molar-refractivity contribution in [1.82, 2.24) is 0 Å². The molecule has 6 N–H and O–H groups in total. The van der Waals surface area contributed by atoms with Gasteiger partial charge >= 0.3 is 0 Å². The second-order valence-electron chi connectivity index (χ2n) is 4.96. The predicted molar refractivity (Wildman–Crippen MR) is 81.0 cm³/mol. The molecule has 0 amide bonds. The molecule has 1 fully saturated rings. The Morgan fingerprint density at radius 1 is 1.23 bits per heavy atom. The van der Waals surface area contributed by atoms with Gasteiger partial charge in [-0.25, -0.2) is 0 Å². The first-order chi connectivity index (χ1) is 10.0. The van der Waals surface area contributed by atoms with Crippen LogP contribution in [0.2, 0.25) is 0 Å². The molecule has 0 saturated heterocycles. The van der Waals surface area contributed by atoms with Gasteiger partial charge in [0.1, 0.15) is 12.4 Å². The summed E-state index contributed by atoms with van der Waals surface area (Å²) in [5.41, 5.74) is 0. The van der Waals surface area contributed by atoms with E-state index in [9.17, 15) is 4.79 Å². The molecule has 0 bridgehead atoms. The van der Waals surface area contributed by atoms with E-state index < -0.39 is 6.10 Å². The number of carbonyl (C=O) groups is 1. The van der Waals surface area contributed by atoms with Crippen molar-refractivity contribution in [2.75, 3.05) is 0 Å². The molecule has 0 spiro atoms. The van der Waals surface area contributed by atoms with Crippen LogP contribution in [-0.2, 0) is 11.4 Å². The number of rotatable bonds is 1. The van der Waals surface area contributed by atoms with Crippen molar-refractivity contribution in [3.05, 3.63) is 36.3 Å². The number of hydrogen-bond acceptors (Lipinski definition) is 6. The summed E-state index contributed by atoms with van der Waals surface area (Å²) < 4.78 is 4.73. The van der Waals surface area contributed by atoms with Crippen LogP contribution in [0.3, 0.4) is 0 Å². The molecule has 0 aromatic carbocycles. The van der Waals surface area contributed by atoms with Gasteiger partial charge in [-0.1, -0.05) is 6.08 Å². The van der Waals surface area contributed by atoms with Crippen molar-refractivity contribution in [2.24, 2.45) is 0 Å². The number of aliphatic hydroxyl groups is 4. The van der Waals surface area contributed by atoms with Gasteiger partial charge in [0.25, 0.3) is 0 Å². The standard InChI is InChI=1S/C5H10O2.2C5H6O2.H2O.H2/c2*6-4-1-2-5(7)3-4;6-4-5-2-1-3-7-5;;/h4-7H,1-3H2;1-2,4,6H,3H2;1-3,6H,4H2;1H2;1H. The maximum Gasteiger partial charge on any atom is 0.158 e. The summed E-state index contributed by atoms with van der Waals surface area (Å²) in [5.74, 6) is 0.632. The quantitative estimate of drug-likeness (QED) is 0.572. The molecular weight excluding hydrogens is 292 g/mol. The van der Waals surface area contributed by atoms with E-state index in [4.69, 9.17) is 24.8 Å². The third kappa shape index (κ3) is 8.71. The molecule has 3 atom stereocenters. The Morgan fingerprint density at radius 3 is 2.05 bits per heavy atom. The molecule has 1 saturated carbocycles. The predicted octanol–water partition coefficient (Wildman–Crippen LogP) is -0.0384. The summed E-state index contributed by atoms with van der Waals surface area (Å²) >= 11 is 0. The van der Waals surface area contributed by atoms with Crippen LogP contribution < -0.4 is 0 Å². The minimum atomic E-state index is -0.507. The third-order valence-corrected chi connectivity index (χ3v) is 3.03. The second kappa shape index (κ2) is 11.1. The van der Waals surface area contributed by atoms with Crippen molar-refractivity contribution >= 4 is 5.78 Å². The monoisotopic (exact) mass is 318 g/mol. The van der Waals surface area contributed by atoms with Crippen LogP contribution in [-0.4, -0.2) is 50.0 Å². The zero-order valence-electron chi connectivity index (χ0n) is 12.3. The van der Waals surface area contributed by atoms with Crippen LogP contribution in [0.25, 0.3) is 0 Å². The average molecular weight is 318 g/mol. The van der Waals surface area contributed by atoms with Crippen molar-refractivity contribution in [2.45, 2.75) is 50.6 Å². The summed E-state index contributed by atoms with van der Waals surface area (Å²) in [6.45, 7) is -0.00694. The molecular formula is C15H26O7. The molecule has 0 radical (unpaired) electrons. The Hall–Kier alpha value is -1.51. The fourth-order valence-corrected chi connectivity index (χ4v) is 1.90. The van der Waals surface area contributed by atoms with E-state index in [1.807, 2.05) is 0 Å². The van der Waals surface area contributed by atoms with Crippen LogP contribution in [0, 0.1) is 0 Å². The summed E-state index contributed by atoms with van der Waals surface area (Å²) in [7, 11) is 0. The summed E-state index contributed by atoms with van der Waals surface area (Å²) in [5, 5.41) is 34.4. The van der Waals surface area contributed by atoms with Crippen LogP contribution in [0.5, 0.6) is 0 Å². The van der Waals surface area contributed by atoms with Gasteiger partial charge in [-0.2, -0.15) is 0 Å². The Labute approximate surface area is 130 Å². The van der Waals surface area contributed by atoms with Gasteiger partial charge in [-0.3, -0.25) is 4.79 Å². The second-order valence-corrected chi connectivity index (χ2v) is 4.96. The molecule has 1 aromatic rings. The molecule has 0 aliphatic heterocycles. The lowest BCUT2D eigenvalue weighted by atomic mass is 10.3. The minimum Gasteiger partial charge on any atom is -0.467 e. The van der Waals surface area contributed by atoms with Gasteiger partial charge < -0.3 is 30.3 Å². The number of aliphatic hydroxyl groups excluding tert-OH is 4. The third-order valence-electron chi connectivity index (χ3n) is 3.03. The van der Waals surface area contributed by atoms with E-state index in [0.717, 1.165) is 12.8 Å². The van der Waals surface area contributed by atoms with Gasteiger partial charge in [0.05, 0.1) is 24.6 Å². The fraction of sp³-hybridized carbons (Fsp3) is 0.533. The SMILES string of the molecule is O.O=C1C=CC(O)C1.OC1CCC(O)C1.OCc1ccco1.[HH]. The number of ketones is 1. The molecule has 2 aliphatic rings. The molecule has 22 heavy (non-hydrogen) atoms. The maximum atomic E-state index is 10.2. The van der Waals surface area contributed by atoms with Crippen LogP contribution in [0.1, 0.15) is 32.9 Å². The largest absolute Gasteiger partial charge is 0.467 e. The van der Waals surface area contributed by atoms with Gasteiger partial charge in [0, 0.05) is 7.85 Å². The molecule has 1 heterocycles. The van der Waals surface area contributed by atoms with Crippen molar-refractivity contribution in [3.63, 3.8) is 0 Å². The van der Waals surface area contributed by atoms with E-state index in [1.165, 1.54) is 18.4 Å². The maximum absolute atomic E-state index is 10.2. The fourth-order valence-electron chi connectivity index (χ4n) is 1.90. The average Bonchev–Trinajstić information content (AvgIpc) is 3.16. The van der Waals surface area contributed by atoms with E-state index >= 15 is 0 Å². The lowest BCUT2D eigenvalue weighted by Crippen LogP contribution is -2.02.